The first-order chi connectivity index (χ1) is 7.65. The average Bonchev–Trinajstić information content (AvgIpc) is 2.29. The van der Waals surface area contributed by atoms with Crippen molar-refractivity contribution in [2.45, 2.75) is 0 Å². The van der Waals surface area contributed by atoms with E-state index in [1.807, 2.05) is 0 Å². The summed E-state index contributed by atoms with van der Waals surface area (Å²) in [5, 5.41) is 11.2. The van der Waals surface area contributed by atoms with Crippen LogP contribution in [-0.2, 0) is 4.84 Å². The summed E-state index contributed by atoms with van der Waals surface area (Å²) in [5.41, 5.74) is 0.531. The molecule has 0 fully saturated rings. The third-order valence-electron chi connectivity index (χ3n) is 1.90. The molecule has 0 saturated carbocycles. The monoisotopic (exact) mass is 224 g/mol. The highest BCUT2D eigenvalue weighted by atomic mass is 16.6. The summed E-state index contributed by atoms with van der Waals surface area (Å²) >= 11 is 0. The van der Waals surface area contributed by atoms with Gasteiger partial charge in [0.05, 0.1) is 12.2 Å². The zero-order valence-electron chi connectivity index (χ0n) is 8.47. The topological polar surface area (TPSA) is 102 Å². The first-order valence-corrected chi connectivity index (χ1v) is 4.58. The zero-order valence-corrected chi connectivity index (χ0v) is 8.47. The second kappa shape index (κ2) is 5.84. The van der Waals surface area contributed by atoms with Gasteiger partial charge in [0, 0.05) is 12.1 Å². The van der Waals surface area contributed by atoms with Crippen molar-refractivity contribution in [3.8, 4) is 0 Å². The fraction of sp³-hybridized carbons (Fsp3) is 0.200. The maximum absolute atomic E-state index is 11.4. The summed E-state index contributed by atoms with van der Waals surface area (Å²) in [4.78, 5) is 26.3. The predicted octanol–water partition coefficient (Wildman–Crippen LogP) is 0.00490. The van der Waals surface area contributed by atoms with Crippen LogP contribution < -0.4 is 11.2 Å². The Bertz CT molecular complexity index is 375. The lowest BCUT2D eigenvalue weighted by molar-refractivity contribution is 0.0696. The molecule has 16 heavy (non-hydrogen) atoms. The van der Waals surface area contributed by atoms with Crippen molar-refractivity contribution in [2.24, 2.45) is 5.90 Å². The van der Waals surface area contributed by atoms with E-state index in [0.717, 1.165) is 0 Å². The maximum atomic E-state index is 11.4. The van der Waals surface area contributed by atoms with E-state index in [1.165, 1.54) is 24.3 Å². The van der Waals surface area contributed by atoms with Crippen LogP contribution in [0.25, 0.3) is 0 Å². The molecule has 6 nitrogen and oxygen atoms in total. The fourth-order valence-electron chi connectivity index (χ4n) is 1.09. The second-order valence-electron chi connectivity index (χ2n) is 3.01. The molecule has 0 spiro atoms. The summed E-state index contributed by atoms with van der Waals surface area (Å²) in [6, 6.07) is 5.64. The van der Waals surface area contributed by atoms with E-state index >= 15 is 0 Å². The third kappa shape index (κ3) is 3.34. The number of hydrogen-bond donors (Lipinski definition) is 3. The molecule has 0 radical (unpaired) electrons. The van der Waals surface area contributed by atoms with Gasteiger partial charge in [-0.25, -0.2) is 10.7 Å². The number of carboxylic acids is 1. The smallest absolute Gasteiger partial charge is 0.335 e. The molecule has 1 rings (SSSR count). The van der Waals surface area contributed by atoms with Gasteiger partial charge in [0.25, 0.3) is 5.91 Å². The Morgan fingerprint density at radius 2 is 1.81 bits per heavy atom. The van der Waals surface area contributed by atoms with Gasteiger partial charge >= 0.3 is 5.97 Å². The Labute approximate surface area is 92.0 Å². The Morgan fingerprint density at radius 3 is 2.31 bits per heavy atom. The van der Waals surface area contributed by atoms with E-state index in [4.69, 9.17) is 11.0 Å². The minimum atomic E-state index is -1.02. The highest BCUT2D eigenvalue weighted by molar-refractivity contribution is 5.95. The second-order valence-corrected chi connectivity index (χ2v) is 3.01. The number of rotatable bonds is 5. The molecule has 0 unspecified atom stereocenters. The number of hydrogen-bond acceptors (Lipinski definition) is 4. The van der Waals surface area contributed by atoms with Crippen molar-refractivity contribution in [2.75, 3.05) is 13.2 Å². The van der Waals surface area contributed by atoms with Crippen LogP contribution in [0.15, 0.2) is 24.3 Å². The van der Waals surface area contributed by atoms with E-state index < -0.39 is 5.97 Å². The summed E-state index contributed by atoms with van der Waals surface area (Å²) in [7, 11) is 0. The predicted molar refractivity (Wildman–Crippen MR) is 55.9 cm³/mol. The molecule has 0 heterocycles. The number of carbonyl (C=O) groups excluding carboxylic acids is 1. The number of amides is 1. The zero-order chi connectivity index (χ0) is 12.0. The van der Waals surface area contributed by atoms with Crippen LogP contribution in [0.5, 0.6) is 0 Å². The molecule has 0 aliphatic carbocycles. The van der Waals surface area contributed by atoms with Gasteiger partial charge < -0.3 is 15.3 Å². The van der Waals surface area contributed by atoms with Crippen molar-refractivity contribution in [1.29, 1.82) is 0 Å². The average molecular weight is 224 g/mol. The number of nitrogens with one attached hydrogen (secondary N) is 1. The lowest BCUT2D eigenvalue weighted by Gasteiger charge is -2.04. The van der Waals surface area contributed by atoms with E-state index in [2.05, 4.69) is 10.2 Å². The maximum Gasteiger partial charge on any atom is 0.335 e. The van der Waals surface area contributed by atoms with E-state index in [1.54, 1.807) is 0 Å². The normalized spacial score (nSPS) is 9.81. The van der Waals surface area contributed by atoms with Crippen molar-refractivity contribution in [1.82, 2.24) is 5.32 Å². The molecular weight excluding hydrogens is 212 g/mol. The van der Waals surface area contributed by atoms with Crippen molar-refractivity contribution in [3.05, 3.63) is 35.4 Å². The molecule has 86 valence electrons. The van der Waals surface area contributed by atoms with Gasteiger partial charge in [-0.15, -0.1) is 0 Å². The lowest BCUT2D eigenvalue weighted by atomic mass is 10.1. The van der Waals surface area contributed by atoms with Crippen LogP contribution in [0.3, 0.4) is 0 Å². The molecule has 1 aromatic carbocycles. The largest absolute Gasteiger partial charge is 0.478 e. The molecule has 0 atom stereocenters. The van der Waals surface area contributed by atoms with E-state index in [9.17, 15) is 9.59 Å². The van der Waals surface area contributed by atoms with Gasteiger partial charge in [0.1, 0.15) is 0 Å². The van der Waals surface area contributed by atoms with Gasteiger partial charge in [-0.05, 0) is 24.3 Å². The Hall–Kier alpha value is -1.92. The van der Waals surface area contributed by atoms with Crippen LogP contribution in [0, 0.1) is 0 Å². The molecule has 1 amide bonds. The lowest BCUT2D eigenvalue weighted by Crippen LogP contribution is -2.28. The van der Waals surface area contributed by atoms with Gasteiger partial charge in [-0.2, -0.15) is 0 Å². The van der Waals surface area contributed by atoms with Crippen LogP contribution in [0.4, 0.5) is 0 Å². The summed E-state index contributed by atoms with van der Waals surface area (Å²) in [5.74, 6) is 3.47. The SMILES string of the molecule is NOCCNC(=O)c1ccc(C(=O)O)cc1. The van der Waals surface area contributed by atoms with Crippen molar-refractivity contribution >= 4 is 11.9 Å². The van der Waals surface area contributed by atoms with Crippen molar-refractivity contribution < 1.29 is 19.5 Å². The number of carboxylic acid groups (broad SMARTS) is 1. The van der Waals surface area contributed by atoms with Gasteiger partial charge in [-0.1, -0.05) is 0 Å². The first-order valence-electron chi connectivity index (χ1n) is 4.58. The molecular formula is C10H12N2O4. The Balaban J connectivity index is 2.59. The molecule has 4 N–H and O–H groups in total. The highest BCUT2D eigenvalue weighted by Crippen LogP contribution is 2.04. The van der Waals surface area contributed by atoms with Gasteiger partial charge in [-0.3, -0.25) is 4.79 Å². The van der Waals surface area contributed by atoms with E-state index in [0.29, 0.717) is 12.1 Å². The van der Waals surface area contributed by atoms with Gasteiger partial charge in [0.15, 0.2) is 0 Å². The molecule has 0 saturated heterocycles. The summed E-state index contributed by atoms with van der Waals surface area (Å²) in [6.45, 7) is 0.523. The quantitative estimate of drug-likeness (QED) is 0.483. The summed E-state index contributed by atoms with van der Waals surface area (Å²) < 4.78 is 0. The Morgan fingerprint density at radius 1 is 1.25 bits per heavy atom. The fourth-order valence-corrected chi connectivity index (χ4v) is 1.09. The van der Waals surface area contributed by atoms with Crippen LogP contribution in [-0.4, -0.2) is 30.1 Å². The molecule has 0 aromatic heterocycles. The minimum absolute atomic E-state index is 0.141. The summed E-state index contributed by atoms with van der Waals surface area (Å²) in [6.07, 6.45) is 0. The van der Waals surface area contributed by atoms with E-state index in [-0.39, 0.29) is 18.1 Å². The number of carbonyl (C=O) groups is 2. The standard InChI is InChI=1S/C10H12N2O4/c11-16-6-5-12-9(13)7-1-3-8(4-2-7)10(14)15/h1-4H,5-6,11H2,(H,12,13)(H,14,15). The Kier molecular flexibility index (Phi) is 4.43. The van der Waals surface area contributed by atoms with Crippen LogP contribution in [0.1, 0.15) is 20.7 Å². The van der Waals surface area contributed by atoms with Crippen LogP contribution >= 0.6 is 0 Å². The molecule has 1 aromatic rings. The minimum Gasteiger partial charge on any atom is -0.478 e. The molecule has 0 aliphatic rings. The number of nitrogens with two attached hydrogens (primary N) is 1. The first kappa shape index (κ1) is 12.2. The van der Waals surface area contributed by atoms with Crippen LogP contribution in [0.2, 0.25) is 0 Å². The molecule has 6 heteroatoms. The number of aromatic carboxylic acids is 1. The molecule has 0 aliphatic heterocycles. The molecule has 0 bridgehead atoms. The highest BCUT2D eigenvalue weighted by Gasteiger charge is 2.06. The van der Waals surface area contributed by atoms with Gasteiger partial charge in [0.2, 0.25) is 0 Å². The van der Waals surface area contributed by atoms with Crippen molar-refractivity contribution in [3.63, 3.8) is 0 Å². The third-order valence-corrected chi connectivity index (χ3v) is 1.90. The number of benzene rings is 1.